The number of anilines is 1. The molecule has 2 fully saturated rings. The van der Waals surface area contributed by atoms with Crippen LogP contribution in [0.5, 0.6) is 5.75 Å². The molecule has 2 aliphatic rings. The highest BCUT2D eigenvalue weighted by Gasteiger charge is 2.26. The maximum atomic E-state index is 12.2. The van der Waals surface area contributed by atoms with Gasteiger partial charge in [-0.2, -0.15) is 0 Å². The Morgan fingerprint density at radius 1 is 1.19 bits per heavy atom. The molecule has 142 valence electrons. The quantitative estimate of drug-likeness (QED) is 0.819. The SMILES string of the molecule is COc1ccccc1N1CCC(NC(=O)CCC(=O)N2CCOCC2)C1. The lowest BCUT2D eigenvalue weighted by Gasteiger charge is -2.26. The average molecular weight is 361 g/mol. The molecule has 0 spiro atoms. The molecule has 3 rings (SSSR count). The molecule has 1 unspecified atom stereocenters. The number of rotatable bonds is 6. The number of hydrogen-bond acceptors (Lipinski definition) is 5. The number of hydrogen-bond donors (Lipinski definition) is 1. The van der Waals surface area contributed by atoms with Gasteiger partial charge in [-0.3, -0.25) is 9.59 Å². The van der Waals surface area contributed by atoms with Crippen molar-refractivity contribution < 1.29 is 19.1 Å². The summed E-state index contributed by atoms with van der Waals surface area (Å²) in [4.78, 5) is 28.3. The number of ether oxygens (including phenoxy) is 2. The molecule has 7 heteroatoms. The molecule has 0 radical (unpaired) electrons. The summed E-state index contributed by atoms with van der Waals surface area (Å²) in [5, 5.41) is 3.06. The molecule has 2 aliphatic heterocycles. The first-order chi connectivity index (χ1) is 12.7. The fourth-order valence-electron chi connectivity index (χ4n) is 3.48. The maximum absolute atomic E-state index is 12.2. The zero-order valence-electron chi connectivity index (χ0n) is 15.3. The van der Waals surface area contributed by atoms with Crippen LogP contribution in [0.1, 0.15) is 19.3 Å². The second-order valence-corrected chi connectivity index (χ2v) is 6.66. The van der Waals surface area contributed by atoms with E-state index in [0.29, 0.717) is 26.3 Å². The summed E-state index contributed by atoms with van der Waals surface area (Å²) in [6.07, 6.45) is 1.39. The highest BCUT2D eigenvalue weighted by atomic mass is 16.5. The van der Waals surface area contributed by atoms with Crippen molar-refractivity contribution in [3.63, 3.8) is 0 Å². The second-order valence-electron chi connectivity index (χ2n) is 6.66. The van der Waals surface area contributed by atoms with Crippen molar-refractivity contribution in [3.8, 4) is 5.75 Å². The number of methoxy groups -OCH3 is 1. The third-order valence-corrected chi connectivity index (χ3v) is 4.91. The van der Waals surface area contributed by atoms with Crippen molar-refractivity contribution in [3.05, 3.63) is 24.3 Å². The highest BCUT2D eigenvalue weighted by Crippen LogP contribution is 2.30. The van der Waals surface area contributed by atoms with Gasteiger partial charge in [0.15, 0.2) is 0 Å². The van der Waals surface area contributed by atoms with Gasteiger partial charge in [0.05, 0.1) is 26.0 Å². The minimum Gasteiger partial charge on any atom is -0.495 e. The average Bonchev–Trinajstić information content (AvgIpc) is 3.15. The minimum absolute atomic E-state index is 0.0329. The first-order valence-corrected chi connectivity index (χ1v) is 9.20. The third-order valence-electron chi connectivity index (χ3n) is 4.91. The molecule has 2 heterocycles. The van der Waals surface area contributed by atoms with Crippen LogP contribution >= 0.6 is 0 Å². The zero-order chi connectivity index (χ0) is 18.4. The lowest BCUT2D eigenvalue weighted by atomic mass is 10.2. The van der Waals surface area contributed by atoms with Gasteiger partial charge in [0.2, 0.25) is 11.8 Å². The number of benzene rings is 1. The van der Waals surface area contributed by atoms with Crippen LogP contribution in [0.25, 0.3) is 0 Å². The number of amides is 2. The van der Waals surface area contributed by atoms with E-state index in [9.17, 15) is 9.59 Å². The normalized spacial score (nSPS) is 20.1. The lowest BCUT2D eigenvalue weighted by Crippen LogP contribution is -2.41. The van der Waals surface area contributed by atoms with Gasteiger partial charge in [-0.15, -0.1) is 0 Å². The van der Waals surface area contributed by atoms with Crippen LogP contribution < -0.4 is 15.0 Å². The number of carbonyl (C=O) groups is 2. The van der Waals surface area contributed by atoms with Gasteiger partial charge in [-0.1, -0.05) is 12.1 Å². The van der Waals surface area contributed by atoms with Crippen molar-refractivity contribution in [1.82, 2.24) is 10.2 Å². The van der Waals surface area contributed by atoms with E-state index < -0.39 is 0 Å². The summed E-state index contributed by atoms with van der Waals surface area (Å²) >= 11 is 0. The molecule has 26 heavy (non-hydrogen) atoms. The molecule has 0 saturated carbocycles. The molecule has 1 N–H and O–H groups in total. The Labute approximate surface area is 154 Å². The molecule has 0 aliphatic carbocycles. The summed E-state index contributed by atoms with van der Waals surface area (Å²) in [6.45, 7) is 4.03. The molecule has 1 atom stereocenters. The summed E-state index contributed by atoms with van der Waals surface area (Å²) in [7, 11) is 1.67. The minimum atomic E-state index is -0.0570. The molecule has 0 aromatic heterocycles. The van der Waals surface area contributed by atoms with Crippen molar-refractivity contribution >= 4 is 17.5 Å². The standard InChI is InChI=1S/C19H27N3O4/c1-25-17-5-3-2-4-16(17)22-9-8-15(14-22)20-18(23)6-7-19(24)21-10-12-26-13-11-21/h2-5,15H,6-14H2,1H3,(H,20,23). The molecule has 1 aromatic rings. The molecule has 1 aromatic carbocycles. The van der Waals surface area contributed by atoms with E-state index in [4.69, 9.17) is 9.47 Å². The van der Waals surface area contributed by atoms with E-state index in [0.717, 1.165) is 30.9 Å². The van der Waals surface area contributed by atoms with Crippen molar-refractivity contribution in [1.29, 1.82) is 0 Å². The smallest absolute Gasteiger partial charge is 0.223 e. The van der Waals surface area contributed by atoms with Crippen molar-refractivity contribution in [2.24, 2.45) is 0 Å². The van der Waals surface area contributed by atoms with E-state index in [2.05, 4.69) is 10.2 Å². The van der Waals surface area contributed by atoms with Gasteiger partial charge >= 0.3 is 0 Å². The topological polar surface area (TPSA) is 71.1 Å². The summed E-state index contributed by atoms with van der Waals surface area (Å²) in [5.41, 5.74) is 1.05. The molecule has 0 bridgehead atoms. The van der Waals surface area contributed by atoms with E-state index >= 15 is 0 Å². The Hall–Kier alpha value is -2.28. The summed E-state index contributed by atoms with van der Waals surface area (Å²) in [6, 6.07) is 8.01. The Kier molecular flexibility index (Phi) is 6.33. The molecule has 7 nitrogen and oxygen atoms in total. The number of nitrogens with zero attached hydrogens (tertiary/aromatic N) is 2. The lowest BCUT2D eigenvalue weighted by molar-refractivity contribution is -0.137. The highest BCUT2D eigenvalue weighted by molar-refractivity contribution is 5.84. The summed E-state index contributed by atoms with van der Waals surface area (Å²) < 4.78 is 10.7. The van der Waals surface area contributed by atoms with Gasteiger partial charge in [0.1, 0.15) is 5.75 Å². The predicted molar refractivity (Wildman–Crippen MR) is 98.4 cm³/mol. The number of morpholine rings is 1. The largest absolute Gasteiger partial charge is 0.495 e. The van der Waals surface area contributed by atoms with Crippen LogP contribution in [0, 0.1) is 0 Å². The van der Waals surface area contributed by atoms with E-state index in [1.54, 1.807) is 12.0 Å². The Morgan fingerprint density at radius 2 is 1.96 bits per heavy atom. The number of nitrogens with one attached hydrogen (secondary N) is 1. The van der Waals surface area contributed by atoms with Gasteiger partial charge in [0, 0.05) is 45.1 Å². The van der Waals surface area contributed by atoms with Gasteiger partial charge in [-0.25, -0.2) is 0 Å². The fraction of sp³-hybridized carbons (Fsp3) is 0.579. The van der Waals surface area contributed by atoms with Crippen LogP contribution in [-0.4, -0.2) is 69.3 Å². The van der Waals surface area contributed by atoms with Gasteiger partial charge < -0.3 is 24.6 Å². The van der Waals surface area contributed by atoms with Gasteiger partial charge in [-0.05, 0) is 18.6 Å². The second kappa shape index (κ2) is 8.89. The molecule has 2 saturated heterocycles. The van der Waals surface area contributed by atoms with Crippen LogP contribution in [0.3, 0.4) is 0 Å². The van der Waals surface area contributed by atoms with E-state index in [1.165, 1.54) is 0 Å². The van der Waals surface area contributed by atoms with Crippen LogP contribution in [0.4, 0.5) is 5.69 Å². The van der Waals surface area contributed by atoms with Gasteiger partial charge in [0.25, 0.3) is 0 Å². The van der Waals surface area contributed by atoms with Crippen molar-refractivity contribution in [2.45, 2.75) is 25.3 Å². The zero-order valence-corrected chi connectivity index (χ0v) is 15.3. The fourth-order valence-corrected chi connectivity index (χ4v) is 3.48. The number of para-hydroxylation sites is 2. The van der Waals surface area contributed by atoms with Crippen LogP contribution in [-0.2, 0) is 14.3 Å². The Morgan fingerprint density at radius 3 is 2.73 bits per heavy atom. The Balaban J connectivity index is 1.43. The maximum Gasteiger partial charge on any atom is 0.223 e. The summed E-state index contributed by atoms with van der Waals surface area (Å²) in [5.74, 6) is 0.819. The molecular weight excluding hydrogens is 334 g/mol. The Bertz CT molecular complexity index is 631. The van der Waals surface area contributed by atoms with Crippen LogP contribution in [0.15, 0.2) is 24.3 Å². The monoisotopic (exact) mass is 361 g/mol. The molecular formula is C19H27N3O4. The predicted octanol–water partition coefficient (Wildman–Crippen LogP) is 1.03. The first kappa shape index (κ1) is 18.5. The third kappa shape index (κ3) is 4.66. The number of carbonyl (C=O) groups excluding carboxylic acids is 2. The van der Waals surface area contributed by atoms with Crippen LogP contribution in [0.2, 0.25) is 0 Å². The first-order valence-electron chi connectivity index (χ1n) is 9.20. The van der Waals surface area contributed by atoms with E-state index in [1.807, 2.05) is 24.3 Å². The van der Waals surface area contributed by atoms with Crippen molar-refractivity contribution in [2.75, 3.05) is 51.4 Å². The van der Waals surface area contributed by atoms with E-state index in [-0.39, 0.29) is 30.7 Å². The molecule has 2 amide bonds.